The second-order valence-corrected chi connectivity index (χ2v) is 7.20. The Labute approximate surface area is 155 Å². The Morgan fingerprint density at radius 2 is 1.88 bits per heavy atom. The molecule has 3 aromatic rings. The lowest BCUT2D eigenvalue weighted by atomic mass is 9.98. The highest BCUT2D eigenvalue weighted by atomic mass is 16.5. The van der Waals surface area contributed by atoms with Gasteiger partial charge in [0.25, 0.3) is 0 Å². The van der Waals surface area contributed by atoms with Crippen LogP contribution in [0.2, 0.25) is 0 Å². The topological polar surface area (TPSA) is 61.0 Å². The van der Waals surface area contributed by atoms with Gasteiger partial charge in [0.2, 0.25) is 0 Å². The Balaban J connectivity index is 1.77. The van der Waals surface area contributed by atoms with Crippen molar-refractivity contribution >= 4 is 10.9 Å². The van der Waals surface area contributed by atoms with Crippen LogP contribution < -0.4 is 10.5 Å². The first kappa shape index (κ1) is 18.3. The first-order chi connectivity index (χ1) is 12.6. The van der Waals surface area contributed by atoms with Gasteiger partial charge in [-0.25, -0.2) is 0 Å². The summed E-state index contributed by atoms with van der Waals surface area (Å²) in [7, 11) is 0. The van der Waals surface area contributed by atoms with Crippen molar-refractivity contribution in [2.45, 2.75) is 27.2 Å². The number of para-hydroxylation sites is 1. The molecular formula is C22H27N3O. The monoisotopic (exact) mass is 349 g/mol. The molecule has 0 fully saturated rings. The first-order valence-electron chi connectivity index (χ1n) is 9.22. The van der Waals surface area contributed by atoms with Crippen molar-refractivity contribution in [1.29, 1.82) is 0 Å². The largest absolute Gasteiger partial charge is 0.491 e. The molecule has 2 unspecified atom stereocenters. The average Bonchev–Trinajstić information content (AvgIpc) is 2.66. The summed E-state index contributed by atoms with van der Waals surface area (Å²) in [5, 5.41) is 1.11. The van der Waals surface area contributed by atoms with E-state index in [0.29, 0.717) is 18.4 Å². The molecule has 136 valence electrons. The lowest BCUT2D eigenvalue weighted by Crippen LogP contribution is -2.18. The second-order valence-electron chi connectivity index (χ2n) is 7.20. The molecule has 2 N–H and O–H groups in total. The van der Waals surface area contributed by atoms with E-state index in [-0.39, 0.29) is 0 Å². The van der Waals surface area contributed by atoms with Crippen LogP contribution in [0.25, 0.3) is 22.2 Å². The standard InChI is InChI=1S/C22H27N3O/c1-15(12-23)10-16(2)14-26-22-13-25-21(11-17(22)3)19-8-9-24-20-7-5-4-6-18(19)20/h4-9,11,13,15-16H,10,12,14,23H2,1-3H3. The third-order valence-electron chi connectivity index (χ3n) is 4.72. The molecule has 0 aliphatic carbocycles. The number of nitrogens with two attached hydrogens (primary N) is 1. The summed E-state index contributed by atoms with van der Waals surface area (Å²) in [4.78, 5) is 9.07. The molecule has 0 saturated carbocycles. The van der Waals surface area contributed by atoms with Crippen LogP contribution in [0.15, 0.2) is 48.8 Å². The van der Waals surface area contributed by atoms with Crippen LogP contribution in [0.1, 0.15) is 25.8 Å². The van der Waals surface area contributed by atoms with E-state index in [4.69, 9.17) is 10.5 Å². The van der Waals surface area contributed by atoms with Gasteiger partial charge in [-0.2, -0.15) is 0 Å². The summed E-state index contributed by atoms with van der Waals surface area (Å²) < 4.78 is 6.01. The van der Waals surface area contributed by atoms with Gasteiger partial charge >= 0.3 is 0 Å². The van der Waals surface area contributed by atoms with Crippen LogP contribution in [0.4, 0.5) is 0 Å². The molecule has 0 saturated heterocycles. The Morgan fingerprint density at radius 1 is 1.08 bits per heavy atom. The van der Waals surface area contributed by atoms with Crippen LogP contribution in [0.5, 0.6) is 5.75 Å². The zero-order chi connectivity index (χ0) is 18.5. The van der Waals surface area contributed by atoms with E-state index in [1.165, 1.54) is 0 Å². The molecule has 2 atom stereocenters. The zero-order valence-corrected chi connectivity index (χ0v) is 15.8. The number of hydrogen-bond acceptors (Lipinski definition) is 4. The fraction of sp³-hybridized carbons (Fsp3) is 0.364. The summed E-state index contributed by atoms with van der Waals surface area (Å²) in [5.41, 5.74) is 9.82. The van der Waals surface area contributed by atoms with E-state index in [0.717, 1.165) is 46.4 Å². The number of nitrogens with zero attached hydrogens (tertiary/aromatic N) is 2. The Morgan fingerprint density at radius 3 is 2.65 bits per heavy atom. The Bertz CT molecular complexity index is 873. The minimum atomic E-state index is 0.469. The lowest BCUT2D eigenvalue weighted by Gasteiger charge is -2.17. The molecule has 2 aromatic heterocycles. The normalized spacial score (nSPS) is 13.5. The van der Waals surface area contributed by atoms with Crippen molar-refractivity contribution in [3.8, 4) is 17.0 Å². The summed E-state index contributed by atoms with van der Waals surface area (Å²) in [6.07, 6.45) is 4.74. The molecule has 26 heavy (non-hydrogen) atoms. The summed E-state index contributed by atoms with van der Waals surface area (Å²) in [5.74, 6) is 1.84. The van der Waals surface area contributed by atoms with Gasteiger partial charge in [-0.3, -0.25) is 9.97 Å². The molecule has 0 aliphatic heterocycles. The van der Waals surface area contributed by atoms with Crippen LogP contribution >= 0.6 is 0 Å². The minimum Gasteiger partial charge on any atom is -0.491 e. The number of aryl methyl sites for hydroxylation is 1. The van der Waals surface area contributed by atoms with Gasteiger partial charge in [0.15, 0.2) is 0 Å². The molecular weight excluding hydrogens is 322 g/mol. The predicted octanol–water partition coefficient (Wildman–Crippen LogP) is 4.61. The van der Waals surface area contributed by atoms with Crippen LogP contribution in [-0.2, 0) is 0 Å². The average molecular weight is 349 g/mol. The number of rotatable bonds is 7. The molecule has 0 aliphatic rings. The van der Waals surface area contributed by atoms with Gasteiger partial charge in [-0.1, -0.05) is 32.0 Å². The first-order valence-corrected chi connectivity index (χ1v) is 9.22. The number of ether oxygens (including phenoxy) is 1. The van der Waals surface area contributed by atoms with E-state index in [1.54, 1.807) is 0 Å². The number of pyridine rings is 2. The number of benzene rings is 1. The smallest absolute Gasteiger partial charge is 0.140 e. The number of fused-ring (bicyclic) bond motifs is 1. The van der Waals surface area contributed by atoms with Crippen molar-refractivity contribution in [2.75, 3.05) is 13.2 Å². The van der Waals surface area contributed by atoms with Crippen LogP contribution in [0.3, 0.4) is 0 Å². The third kappa shape index (κ3) is 4.20. The zero-order valence-electron chi connectivity index (χ0n) is 15.8. The second kappa shape index (κ2) is 8.28. The van der Waals surface area contributed by atoms with Gasteiger partial charge in [-0.15, -0.1) is 0 Å². The van der Waals surface area contributed by atoms with E-state index < -0.39 is 0 Å². The van der Waals surface area contributed by atoms with E-state index in [2.05, 4.69) is 42.9 Å². The fourth-order valence-corrected chi connectivity index (χ4v) is 3.24. The molecule has 0 bridgehead atoms. The van der Waals surface area contributed by atoms with Gasteiger partial charge < -0.3 is 10.5 Å². The maximum absolute atomic E-state index is 6.01. The predicted molar refractivity (Wildman–Crippen MR) is 107 cm³/mol. The number of aromatic nitrogens is 2. The fourth-order valence-electron chi connectivity index (χ4n) is 3.24. The van der Waals surface area contributed by atoms with E-state index >= 15 is 0 Å². The van der Waals surface area contributed by atoms with Gasteiger partial charge in [0, 0.05) is 17.1 Å². The van der Waals surface area contributed by atoms with Crippen molar-refractivity contribution in [3.63, 3.8) is 0 Å². The molecule has 4 nitrogen and oxygen atoms in total. The minimum absolute atomic E-state index is 0.469. The van der Waals surface area contributed by atoms with Gasteiger partial charge in [0.1, 0.15) is 5.75 Å². The Kier molecular flexibility index (Phi) is 5.84. The van der Waals surface area contributed by atoms with Crippen molar-refractivity contribution < 1.29 is 4.74 Å². The van der Waals surface area contributed by atoms with Gasteiger partial charge in [-0.05, 0) is 55.5 Å². The van der Waals surface area contributed by atoms with E-state index in [1.807, 2.05) is 36.7 Å². The van der Waals surface area contributed by atoms with Crippen LogP contribution in [0, 0.1) is 18.8 Å². The summed E-state index contributed by atoms with van der Waals surface area (Å²) in [6.45, 7) is 7.85. The van der Waals surface area contributed by atoms with Gasteiger partial charge in [0.05, 0.1) is 24.0 Å². The molecule has 1 aromatic carbocycles. The quantitative estimate of drug-likeness (QED) is 0.677. The maximum Gasteiger partial charge on any atom is 0.140 e. The lowest BCUT2D eigenvalue weighted by molar-refractivity contribution is 0.235. The molecule has 0 amide bonds. The van der Waals surface area contributed by atoms with Crippen molar-refractivity contribution in [2.24, 2.45) is 17.6 Å². The van der Waals surface area contributed by atoms with E-state index in [9.17, 15) is 0 Å². The highest BCUT2D eigenvalue weighted by Crippen LogP contribution is 2.29. The van der Waals surface area contributed by atoms with Crippen molar-refractivity contribution in [1.82, 2.24) is 9.97 Å². The summed E-state index contributed by atoms with van der Waals surface area (Å²) >= 11 is 0. The molecule has 0 radical (unpaired) electrons. The highest BCUT2D eigenvalue weighted by Gasteiger charge is 2.11. The molecule has 0 spiro atoms. The number of hydrogen-bond donors (Lipinski definition) is 1. The molecule has 4 heteroatoms. The SMILES string of the molecule is Cc1cc(-c2ccnc3ccccc23)ncc1OCC(C)CC(C)CN. The summed E-state index contributed by atoms with van der Waals surface area (Å²) in [6, 6.07) is 12.2. The third-order valence-corrected chi connectivity index (χ3v) is 4.72. The van der Waals surface area contributed by atoms with Crippen molar-refractivity contribution in [3.05, 3.63) is 54.4 Å². The maximum atomic E-state index is 6.01. The molecule has 3 rings (SSSR count). The van der Waals surface area contributed by atoms with Crippen LogP contribution in [-0.4, -0.2) is 23.1 Å². The molecule has 2 heterocycles. The highest BCUT2D eigenvalue weighted by molar-refractivity contribution is 5.93. The Hall–Kier alpha value is -2.46.